The van der Waals surface area contributed by atoms with E-state index in [1.54, 1.807) is 0 Å². The summed E-state index contributed by atoms with van der Waals surface area (Å²) in [4.78, 5) is 11.7. The van der Waals surface area contributed by atoms with Crippen molar-refractivity contribution >= 4 is 22.0 Å². The molecule has 0 radical (unpaired) electrons. The van der Waals surface area contributed by atoms with Crippen LogP contribution in [0.1, 0.15) is 32.4 Å². The van der Waals surface area contributed by atoms with Gasteiger partial charge in [0, 0.05) is 11.1 Å². The second-order valence-electron chi connectivity index (χ2n) is 5.24. The zero-order valence-corrected chi connectivity index (χ0v) is 12.2. The van der Waals surface area contributed by atoms with Gasteiger partial charge in [-0.3, -0.25) is 0 Å². The fraction of sp³-hybridized carbons (Fsp3) is 0.462. The molecule has 2 rings (SSSR count). The first-order valence-corrected chi connectivity index (χ1v) is 6.56. The molecular weight excluding hydrogens is 298 g/mol. The van der Waals surface area contributed by atoms with Crippen molar-refractivity contribution in [2.24, 2.45) is 0 Å². The first-order valence-electron chi connectivity index (χ1n) is 5.77. The van der Waals surface area contributed by atoms with Crippen molar-refractivity contribution in [3.8, 4) is 5.75 Å². The highest BCUT2D eigenvalue weighted by molar-refractivity contribution is 9.10. The van der Waals surface area contributed by atoms with Crippen LogP contribution < -0.4 is 10.1 Å². The minimum Gasteiger partial charge on any atom is -0.488 e. The second-order valence-corrected chi connectivity index (χ2v) is 6.09. The van der Waals surface area contributed by atoms with E-state index in [-0.39, 0.29) is 11.6 Å². The van der Waals surface area contributed by atoms with Gasteiger partial charge in [0.25, 0.3) is 0 Å². The SMILES string of the molecule is CC(C)(C)NC(=O)O[C@@H]1COc2c(Br)cccc21. The molecule has 98 valence electrons. The summed E-state index contributed by atoms with van der Waals surface area (Å²) < 4.78 is 11.8. The zero-order chi connectivity index (χ0) is 13.3. The normalized spacial score (nSPS) is 17.9. The first-order chi connectivity index (χ1) is 8.37. The lowest BCUT2D eigenvalue weighted by Crippen LogP contribution is -2.41. The number of hydrogen-bond donors (Lipinski definition) is 1. The van der Waals surface area contributed by atoms with Crippen LogP contribution in [-0.4, -0.2) is 18.2 Å². The summed E-state index contributed by atoms with van der Waals surface area (Å²) in [6.07, 6.45) is -0.774. The van der Waals surface area contributed by atoms with E-state index < -0.39 is 6.09 Å². The summed E-state index contributed by atoms with van der Waals surface area (Å²) in [5.41, 5.74) is 0.588. The average Bonchev–Trinajstić information content (AvgIpc) is 2.60. The molecule has 1 amide bonds. The summed E-state index contributed by atoms with van der Waals surface area (Å²) in [5, 5.41) is 2.76. The molecule has 5 heteroatoms. The number of benzene rings is 1. The molecule has 0 saturated heterocycles. The molecule has 1 aliphatic rings. The fourth-order valence-corrected chi connectivity index (χ4v) is 2.24. The topological polar surface area (TPSA) is 47.6 Å². The van der Waals surface area contributed by atoms with Crippen molar-refractivity contribution in [3.05, 3.63) is 28.2 Å². The average molecular weight is 314 g/mol. The minimum absolute atomic E-state index is 0.309. The molecular formula is C13H16BrNO3. The van der Waals surface area contributed by atoms with E-state index in [1.165, 1.54) is 0 Å². The Balaban J connectivity index is 2.06. The predicted octanol–water partition coefficient (Wildman–Crippen LogP) is 3.41. The predicted molar refractivity (Wildman–Crippen MR) is 71.7 cm³/mol. The molecule has 0 unspecified atom stereocenters. The Kier molecular flexibility index (Phi) is 3.52. The van der Waals surface area contributed by atoms with E-state index >= 15 is 0 Å². The highest BCUT2D eigenvalue weighted by Gasteiger charge is 2.29. The molecule has 1 aromatic rings. The van der Waals surface area contributed by atoms with E-state index in [1.807, 2.05) is 39.0 Å². The van der Waals surface area contributed by atoms with Gasteiger partial charge in [-0.2, -0.15) is 0 Å². The molecule has 0 aromatic heterocycles. The molecule has 1 atom stereocenters. The van der Waals surface area contributed by atoms with Gasteiger partial charge in [0.2, 0.25) is 0 Å². The lowest BCUT2D eigenvalue weighted by atomic mass is 10.1. The number of rotatable bonds is 1. The van der Waals surface area contributed by atoms with Crippen LogP contribution in [0.3, 0.4) is 0 Å². The number of alkyl carbamates (subject to hydrolysis) is 1. The smallest absolute Gasteiger partial charge is 0.408 e. The van der Waals surface area contributed by atoms with Gasteiger partial charge in [0.05, 0.1) is 4.47 Å². The van der Waals surface area contributed by atoms with Crippen molar-refractivity contribution in [1.29, 1.82) is 0 Å². The maximum absolute atomic E-state index is 11.7. The Morgan fingerprint density at radius 3 is 2.89 bits per heavy atom. The number of carbonyl (C=O) groups is 1. The number of fused-ring (bicyclic) bond motifs is 1. The summed E-state index contributed by atoms with van der Waals surface area (Å²) in [6.45, 7) is 6.08. The van der Waals surface area contributed by atoms with Gasteiger partial charge in [-0.1, -0.05) is 12.1 Å². The molecule has 0 spiro atoms. The third-order valence-corrected chi connectivity index (χ3v) is 3.07. The van der Waals surface area contributed by atoms with E-state index in [9.17, 15) is 4.79 Å². The van der Waals surface area contributed by atoms with Gasteiger partial charge >= 0.3 is 6.09 Å². The summed E-state index contributed by atoms with van der Waals surface area (Å²) >= 11 is 3.41. The highest BCUT2D eigenvalue weighted by atomic mass is 79.9. The molecule has 0 saturated carbocycles. The number of para-hydroxylation sites is 1. The van der Waals surface area contributed by atoms with Crippen LogP contribution in [0.5, 0.6) is 5.75 Å². The van der Waals surface area contributed by atoms with Gasteiger partial charge in [-0.15, -0.1) is 0 Å². The number of hydrogen-bond acceptors (Lipinski definition) is 3. The zero-order valence-electron chi connectivity index (χ0n) is 10.6. The molecule has 1 aromatic carbocycles. The van der Waals surface area contributed by atoms with Gasteiger partial charge in [-0.05, 0) is 42.8 Å². The lowest BCUT2D eigenvalue weighted by molar-refractivity contribution is 0.0774. The van der Waals surface area contributed by atoms with Crippen molar-refractivity contribution in [2.75, 3.05) is 6.61 Å². The van der Waals surface area contributed by atoms with E-state index in [0.717, 1.165) is 15.8 Å². The fourth-order valence-electron chi connectivity index (χ4n) is 1.74. The molecule has 4 nitrogen and oxygen atoms in total. The summed E-state index contributed by atoms with van der Waals surface area (Å²) in [6, 6.07) is 5.70. The van der Waals surface area contributed by atoms with Gasteiger partial charge in [0.15, 0.2) is 6.10 Å². The van der Waals surface area contributed by atoms with Gasteiger partial charge in [0.1, 0.15) is 12.4 Å². The Labute approximate surface area is 115 Å². The Hall–Kier alpha value is -1.23. The summed E-state index contributed by atoms with van der Waals surface area (Å²) in [5.74, 6) is 0.756. The number of amides is 1. The Bertz CT molecular complexity index is 468. The second kappa shape index (κ2) is 4.80. The molecule has 18 heavy (non-hydrogen) atoms. The lowest BCUT2D eigenvalue weighted by Gasteiger charge is -2.21. The van der Waals surface area contributed by atoms with Crippen LogP contribution >= 0.6 is 15.9 Å². The van der Waals surface area contributed by atoms with Crippen LogP contribution in [0.2, 0.25) is 0 Å². The van der Waals surface area contributed by atoms with Crippen LogP contribution in [-0.2, 0) is 4.74 Å². The molecule has 1 N–H and O–H groups in total. The highest BCUT2D eigenvalue weighted by Crippen LogP contribution is 2.39. The molecule has 1 heterocycles. The third-order valence-electron chi connectivity index (χ3n) is 2.45. The Morgan fingerprint density at radius 2 is 2.22 bits per heavy atom. The molecule has 0 bridgehead atoms. The van der Waals surface area contributed by atoms with Crippen molar-refractivity contribution in [2.45, 2.75) is 32.4 Å². The molecule has 1 aliphatic heterocycles. The number of halogens is 1. The van der Waals surface area contributed by atoms with Gasteiger partial charge < -0.3 is 14.8 Å². The minimum atomic E-state index is -0.427. The Morgan fingerprint density at radius 1 is 1.50 bits per heavy atom. The van der Waals surface area contributed by atoms with Crippen LogP contribution in [0.15, 0.2) is 22.7 Å². The standard InChI is InChI=1S/C13H16BrNO3/c1-13(2,3)15-12(16)18-10-7-17-11-8(10)5-4-6-9(11)14/h4-6,10H,7H2,1-3H3,(H,15,16)/t10-/m1/s1. The van der Waals surface area contributed by atoms with Crippen LogP contribution in [0.4, 0.5) is 4.79 Å². The first kappa shape index (κ1) is 13.2. The van der Waals surface area contributed by atoms with Gasteiger partial charge in [-0.25, -0.2) is 4.79 Å². The van der Waals surface area contributed by atoms with Crippen LogP contribution in [0, 0.1) is 0 Å². The quantitative estimate of drug-likeness (QED) is 0.864. The number of ether oxygens (including phenoxy) is 2. The third kappa shape index (κ3) is 2.96. The van der Waals surface area contributed by atoms with E-state index in [0.29, 0.717) is 6.61 Å². The summed E-state index contributed by atoms with van der Waals surface area (Å²) in [7, 11) is 0. The number of carbonyl (C=O) groups excluding carboxylic acids is 1. The van der Waals surface area contributed by atoms with Crippen LogP contribution in [0.25, 0.3) is 0 Å². The maximum Gasteiger partial charge on any atom is 0.408 e. The largest absolute Gasteiger partial charge is 0.488 e. The van der Waals surface area contributed by atoms with E-state index in [4.69, 9.17) is 9.47 Å². The van der Waals surface area contributed by atoms with E-state index in [2.05, 4.69) is 21.2 Å². The maximum atomic E-state index is 11.7. The van der Waals surface area contributed by atoms with Crippen molar-refractivity contribution < 1.29 is 14.3 Å². The molecule has 0 aliphatic carbocycles. The van der Waals surface area contributed by atoms with Crippen molar-refractivity contribution in [3.63, 3.8) is 0 Å². The van der Waals surface area contributed by atoms with Crippen molar-refractivity contribution in [1.82, 2.24) is 5.32 Å². The monoisotopic (exact) mass is 313 g/mol. The number of nitrogens with one attached hydrogen (secondary N) is 1. The molecule has 0 fully saturated rings.